The molecule has 0 saturated carbocycles. The Labute approximate surface area is 112 Å². The fraction of sp³-hybridized carbons (Fsp3) is 0.857. The molecule has 4 heterocycles. The van der Waals surface area contributed by atoms with Crippen LogP contribution in [-0.2, 0) is 9.59 Å². The van der Waals surface area contributed by atoms with Crippen LogP contribution in [0.4, 0.5) is 0 Å². The van der Waals surface area contributed by atoms with Crippen LogP contribution in [0.1, 0.15) is 38.5 Å². The Hall–Kier alpha value is -1.10. The Morgan fingerprint density at radius 3 is 2.47 bits per heavy atom. The Kier molecular flexibility index (Phi) is 2.43. The number of hydrogen-bond acceptors (Lipinski definition) is 3. The number of nitrogens with zero attached hydrogens (tertiary/aromatic N) is 1. The summed E-state index contributed by atoms with van der Waals surface area (Å²) in [5, 5.41) is 12.8. The first-order chi connectivity index (χ1) is 9.15. The van der Waals surface area contributed by atoms with Crippen LogP contribution in [0.15, 0.2) is 0 Å². The van der Waals surface area contributed by atoms with Gasteiger partial charge < -0.3 is 15.3 Å². The lowest BCUT2D eigenvalue weighted by molar-refractivity contribution is -0.143. The van der Waals surface area contributed by atoms with Crippen LogP contribution in [0.3, 0.4) is 0 Å². The zero-order chi connectivity index (χ0) is 13.1. The van der Waals surface area contributed by atoms with E-state index in [4.69, 9.17) is 0 Å². The number of amides is 1. The lowest BCUT2D eigenvalue weighted by Crippen LogP contribution is -2.44. The minimum absolute atomic E-state index is 0.0332. The predicted octanol–water partition coefficient (Wildman–Crippen LogP) is 0.591. The van der Waals surface area contributed by atoms with Gasteiger partial charge in [-0.1, -0.05) is 0 Å². The van der Waals surface area contributed by atoms with Crippen LogP contribution in [-0.4, -0.2) is 46.1 Å². The molecule has 0 aromatic heterocycles. The second-order valence-corrected chi connectivity index (χ2v) is 6.61. The molecule has 0 radical (unpaired) electrons. The third-order valence-corrected chi connectivity index (χ3v) is 5.73. The number of nitrogens with one attached hydrogen (secondary N) is 1. The van der Waals surface area contributed by atoms with Crippen molar-refractivity contribution in [3.05, 3.63) is 0 Å². The van der Waals surface area contributed by atoms with Gasteiger partial charge in [-0.15, -0.1) is 0 Å². The fourth-order valence-electron chi connectivity index (χ4n) is 4.89. The maximum atomic E-state index is 12.8. The number of carboxylic acids is 1. The molecule has 104 valence electrons. The number of fused-ring (bicyclic) bond motifs is 4. The van der Waals surface area contributed by atoms with E-state index >= 15 is 0 Å². The molecule has 0 aromatic rings. The Balaban J connectivity index is 1.54. The van der Waals surface area contributed by atoms with Gasteiger partial charge in [-0.2, -0.15) is 0 Å². The largest absolute Gasteiger partial charge is 0.481 e. The summed E-state index contributed by atoms with van der Waals surface area (Å²) >= 11 is 0. The molecule has 4 bridgehead atoms. The predicted molar refractivity (Wildman–Crippen MR) is 67.5 cm³/mol. The summed E-state index contributed by atoms with van der Waals surface area (Å²) in [6.45, 7) is 0. The van der Waals surface area contributed by atoms with Crippen molar-refractivity contribution < 1.29 is 14.7 Å². The highest BCUT2D eigenvalue weighted by molar-refractivity contribution is 5.83. The molecular weight excluding hydrogens is 244 g/mol. The van der Waals surface area contributed by atoms with Crippen molar-refractivity contribution in [2.45, 2.75) is 62.7 Å². The van der Waals surface area contributed by atoms with E-state index in [0.29, 0.717) is 18.5 Å². The molecular formula is C14H20N2O3. The minimum atomic E-state index is -0.726. The molecule has 4 aliphatic heterocycles. The van der Waals surface area contributed by atoms with Crippen molar-refractivity contribution in [1.82, 2.24) is 10.2 Å². The summed E-state index contributed by atoms with van der Waals surface area (Å²) in [5.74, 6) is -0.712. The van der Waals surface area contributed by atoms with Gasteiger partial charge in [-0.05, 0) is 38.5 Å². The maximum absolute atomic E-state index is 12.8. The molecule has 0 aliphatic carbocycles. The first kappa shape index (κ1) is 11.7. The van der Waals surface area contributed by atoms with Gasteiger partial charge in [0.2, 0.25) is 5.91 Å². The van der Waals surface area contributed by atoms with Gasteiger partial charge in [0.1, 0.15) is 0 Å². The van der Waals surface area contributed by atoms with E-state index in [9.17, 15) is 14.7 Å². The quantitative estimate of drug-likeness (QED) is 0.766. The molecule has 4 saturated heterocycles. The molecule has 19 heavy (non-hydrogen) atoms. The van der Waals surface area contributed by atoms with Gasteiger partial charge >= 0.3 is 5.97 Å². The third kappa shape index (κ3) is 1.57. The van der Waals surface area contributed by atoms with Crippen LogP contribution < -0.4 is 5.32 Å². The monoisotopic (exact) mass is 264 g/mol. The summed E-state index contributed by atoms with van der Waals surface area (Å²) in [5.41, 5.74) is 0. The number of carbonyl (C=O) groups excluding carboxylic acids is 1. The maximum Gasteiger partial charge on any atom is 0.308 e. The first-order valence-electron chi connectivity index (χ1n) is 7.46. The van der Waals surface area contributed by atoms with Crippen molar-refractivity contribution in [2.24, 2.45) is 11.8 Å². The van der Waals surface area contributed by atoms with Crippen molar-refractivity contribution in [1.29, 1.82) is 0 Å². The molecule has 5 heteroatoms. The molecule has 5 nitrogen and oxygen atoms in total. The summed E-state index contributed by atoms with van der Waals surface area (Å²) in [6.07, 6.45) is 5.79. The lowest BCUT2D eigenvalue weighted by atomic mass is 9.88. The molecule has 1 amide bonds. The van der Waals surface area contributed by atoms with Crippen LogP contribution in [0, 0.1) is 11.8 Å². The van der Waals surface area contributed by atoms with Gasteiger partial charge in [-0.3, -0.25) is 9.59 Å². The summed E-state index contributed by atoms with van der Waals surface area (Å²) in [4.78, 5) is 26.0. The van der Waals surface area contributed by atoms with Crippen LogP contribution >= 0.6 is 0 Å². The number of hydrogen-bond donors (Lipinski definition) is 2. The topological polar surface area (TPSA) is 69.6 Å². The van der Waals surface area contributed by atoms with E-state index in [1.54, 1.807) is 0 Å². The SMILES string of the molecule is O=C(O)C1CC2CCC1N2C(=O)C1CC2CCC1N2. The van der Waals surface area contributed by atoms with Crippen molar-refractivity contribution in [3.8, 4) is 0 Å². The molecule has 4 rings (SSSR count). The third-order valence-electron chi connectivity index (χ3n) is 5.73. The number of carbonyl (C=O) groups is 2. The Morgan fingerprint density at radius 2 is 1.89 bits per heavy atom. The fourth-order valence-corrected chi connectivity index (χ4v) is 4.89. The van der Waals surface area contributed by atoms with E-state index in [-0.39, 0.29) is 29.8 Å². The highest BCUT2D eigenvalue weighted by atomic mass is 16.4. The van der Waals surface area contributed by atoms with E-state index in [2.05, 4.69) is 5.32 Å². The second-order valence-electron chi connectivity index (χ2n) is 6.61. The Bertz CT molecular complexity index is 438. The molecule has 6 atom stereocenters. The van der Waals surface area contributed by atoms with Gasteiger partial charge in [0.15, 0.2) is 0 Å². The van der Waals surface area contributed by atoms with E-state index in [1.165, 1.54) is 6.42 Å². The van der Waals surface area contributed by atoms with Gasteiger partial charge in [-0.25, -0.2) is 0 Å². The minimum Gasteiger partial charge on any atom is -0.481 e. The first-order valence-corrected chi connectivity index (χ1v) is 7.46. The average molecular weight is 264 g/mol. The zero-order valence-corrected chi connectivity index (χ0v) is 10.9. The Morgan fingerprint density at radius 1 is 1.05 bits per heavy atom. The second kappa shape index (κ2) is 3.95. The van der Waals surface area contributed by atoms with Gasteiger partial charge in [0, 0.05) is 24.2 Å². The van der Waals surface area contributed by atoms with E-state index in [0.717, 1.165) is 25.7 Å². The molecule has 6 unspecified atom stereocenters. The van der Waals surface area contributed by atoms with Crippen LogP contribution in [0.2, 0.25) is 0 Å². The van der Waals surface area contributed by atoms with Crippen LogP contribution in [0.25, 0.3) is 0 Å². The summed E-state index contributed by atoms with van der Waals surface area (Å²) < 4.78 is 0. The van der Waals surface area contributed by atoms with Crippen molar-refractivity contribution in [2.75, 3.05) is 0 Å². The van der Waals surface area contributed by atoms with Gasteiger partial charge in [0.25, 0.3) is 0 Å². The number of aliphatic carboxylic acids is 1. The molecule has 2 N–H and O–H groups in total. The van der Waals surface area contributed by atoms with Crippen LogP contribution in [0.5, 0.6) is 0 Å². The lowest BCUT2D eigenvalue weighted by Gasteiger charge is -2.29. The highest BCUT2D eigenvalue weighted by Crippen LogP contribution is 2.44. The average Bonchev–Trinajstić information content (AvgIpc) is 3.16. The normalized spacial score (nSPS) is 47.1. The van der Waals surface area contributed by atoms with E-state index < -0.39 is 5.97 Å². The standard InChI is InChI=1S/C14H20N2O3/c17-13(9-5-7-1-3-11(9)15-7)16-8-2-4-12(16)10(6-8)14(18)19/h7-12,15H,1-6H2,(H,18,19). The zero-order valence-electron chi connectivity index (χ0n) is 10.9. The number of rotatable bonds is 2. The molecule has 0 aromatic carbocycles. The molecule has 0 spiro atoms. The van der Waals surface area contributed by atoms with Gasteiger partial charge in [0.05, 0.1) is 11.8 Å². The number of carboxylic acid groups (broad SMARTS) is 1. The molecule has 4 fully saturated rings. The van der Waals surface area contributed by atoms with E-state index in [1.807, 2.05) is 4.90 Å². The van der Waals surface area contributed by atoms with Crippen molar-refractivity contribution in [3.63, 3.8) is 0 Å². The smallest absolute Gasteiger partial charge is 0.308 e. The highest BCUT2D eigenvalue weighted by Gasteiger charge is 2.54. The summed E-state index contributed by atoms with van der Waals surface area (Å²) in [6, 6.07) is 1.03. The van der Waals surface area contributed by atoms with Crippen molar-refractivity contribution >= 4 is 11.9 Å². The summed E-state index contributed by atoms with van der Waals surface area (Å²) in [7, 11) is 0. The molecule has 4 aliphatic rings.